The second kappa shape index (κ2) is 6.78. The van der Waals surface area contributed by atoms with Gasteiger partial charge in [0.05, 0.1) is 0 Å². The van der Waals surface area contributed by atoms with Crippen LogP contribution in [-0.4, -0.2) is 24.0 Å². The van der Waals surface area contributed by atoms with Crippen LogP contribution in [0.1, 0.15) is 44.6 Å². The Kier molecular flexibility index (Phi) is 4.64. The SMILES string of the molecule is CC1CCCN1CC1=C(c2ccc3ccccc3c2)C2CCC1C2.Cl. The van der Waals surface area contributed by atoms with Crippen molar-refractivity contribution in [2.24, 2.45) is 11.8 Å². The van der Waals surface area contributed by atoms with Crippen LogP contribution < -0.4 is 0 Å². The van der Waals surface area contributed by atoms with E-state index >= 15 is 0 Å². The van der Waals surface area contributed by atoms with E-state index in [2.05, 4.69) is 54.3 Å². The van der Waals surface area contributed by atoms with Crippen LogP contribution in [0.15, 0.2) is 48.0 Å². The van der Waals surface area contributed by atoms with Crippen molar-refractivity contribution < 1.29 is 0 Å². The lowest BCUT2D eigenvalue weighted by atomic mass is 9.86. The van der Waals surface area contributed by atoms with Gasteiger partial charge in [0.2, 0.25) is 0 Å². The van der Waals surface area contributed by atoms with Crippen LogP contribution in [0, 0.1) is 11.8 Å². The first kappa shape index (κ1) is 17.1. The highest BCUT2D eigenvalue weighted by atomic mass is 35.5. The van der Waals surface area contributed by atoms with Crippen molar-refractivity contribution in [1.29, 1.82) is 0 Å². The summed E-state index contributed by atoms with van der Waals surface area (Å²) < 4.78 is 0. The van der Waals surface area contributed by atoms with Crippen LogP contribution in [0.4, 0.5) is 0 Å². The molecule has 2 bridgehead atoms. The fraction of sp³-hybridized carbons (Fsp3) is 0.478. The molecule has 2 aromatic rings. The second-order valence-electron chi connectivity index (χ2n) is 8.17. The molecule has 1 heterocycles. The van der Waals surface area contributed by atoms with E-state index in [9.17, 15) is 0 Å². The third-order valence-corrected chi connectivity index (χ3v) is 6.80. The first-order valence-corrected chi connectivity index (χ1v) is 9.76. The molecule has 5 rings (SSSR count). The summed E-state index contributed by atoms with van der Waals surface area (Å²) in [4.78, 5) is 2.73. The van der Waals surface area contributed by atoms with Gasteiger partial charge in [-0.15, -0.1) is 12.4 Å². The van der Waals surface area contributed by atoms with Crippen LogP contribution in [0.3, 0.4) is 0 Å². The molecule has 1 saturated heterocycles. The molecule has 0 amide bonds. The van der Waals surface area contributed by atoms with Crippen LogP contribution in [0.5, 0.6) is 0 Å². The molecule has 0 radical (unpaired) electrons. The molecule has 2 fully saturated rings. The summed E-state index contributed by atoms with van der Waals surface area (Å²) in [5.41, 5.74) is 5.01. The molecule has 2 heteroatoms. The predicted molar refractivity (Wildman–Crippen MR) is 109 cm³/mol. The smallest absolute Gasteiger partial charge is 0.0204 e. The van der Waals surface area contributed by atoms with Gasteiger partial charge in [0.1, 0.15) is 0 Å². The Balaban J connectivity index is 0.00000157. The zero-order valence-corrected chi connectivity index (χ0v) is 15.9. The Morgan fingerprint density at radius 3 is 2.56 bits per heavy atom. The Bertz CT molecular complexity index is 809. The van der Waals surface area contributed by atoms with E-state index in [1.165, 1.54) is 61.5 Å². The maximum absolute atomic E-state index is 2.73. The fourth-order valence-corrected chi connectivity index (χ4v) is 5.48. The van der Waals surface area contributed by atoms with Crippen molar-refractivity contribution in [2.75, 3.05) is 13.1 Å². The molecule has 3 atom stereocenters. The second-order valence-corrected chi connectivity index (χ2v) is 8.17. The lowest BCUT2D eigenvalue weighted by molar-refractivity contribution is 0.283. The summed E-state index contributed by atoms with van der Waals surface area (Å²) in [7, 11) is 0. The maximum Gasteiger partial charge on any atom is 0.0204 e. The summed E-state index contributed by atoms with van der Waals surface area (Å²) >= 11 is 0. The number of likely N-dealkylation sites (tertiary alicyclic amines) is 1. The number of hydrogen-bond acceptors (Lipinski definition) is 1. The number of benzene rings is 2. The number of hydrogen-bond donors (Lipinski definition) is 0. The van der Waals surface area contributed by atoms with Gasteiger partial charge in [0.25, 0.3) is 0 Å². The molecule has 132 valence electrons. The molecule has 1 nitrogen and oxygen atoms in total. The summed E-state index contributed by atoms with van der Waals surface area (Å²) in [6.07, 6.45) is 7.02. The van der Waals surface area contributed by atoms with E-state index in [-0.39, 0.29) is 12.4 Å². The van der Waals surface area contributed by atoms with E-state index in [4.69, 9.17) is 0 Å². The van der Waals surface area contributed by atoms with E-state index < -0.39 is 0 Å². The van der Waals surface area contributed by atoms with Gasteiger partial charge in [0, 0.05) is 12.6 Å². The Morgan fingerprint density at radius 2 is 1.76 bits per heavy atom. The minimum Gasteiger partial charge on any atom is -0.297 e. The fourth-order valence-electron chi connectivity index (χ4n) is 5.48. The number of allylic oxidation sites excluding steroid dienone is 1. The molecule has 3 aliphatic rings. The van der Waals surface area contributed by atoms with Crippen molar-refractivity contribution in [3.8, 4) is 0 Å². The van der Waals surface area contributed by atoms with Gasteiger partial charge in [-0.3, -0.25) is 4.90 Å². The van der Waals surface area contributed by atoms with Crippen molar-refractivity contribution in [3.63, 3.8) is 0 Å². The number of fused-ring (bicyclic) bond motifs is 3. The highest BCUT2D eigenvalue weighted by Crippen LogP contribution is 2.53. The minimum absolute atomic E-state index is 0. The minimum atomic E-state index is 0. The van der Waals surface area contributed by atoms with Gasteiger partial charge in [-0.1, -0.05) is 36.4 Å². The summed E-state index contributed by atoms with van der Waals surface area (Å²) in [6.45, 7) is 4.94. The van der Waals surface area contributed by atoms with E-state index in [1.54, 1.807) is 11.1 Å². The van der Waals surface area contributed by atoms with Crippen LogP contribution in [0.2, 0.25) is 0 Å². The predicted octanol–water partition coefficient (Wildman–Crippen LogP) is 5.93. The van der Waals surface area contributed by atoms with Gasteiger partial charge in [0.15, 0.2) is 0 Å². The van der Waals surface area contributed by atoms with Gasteiger partial charge >= 0.3 is 0 Å². The third kappa shape index (κ3) is 2.92. The number of halogens is 1. The van der Waals surface area contributed by atoms with Crippen molar-refractivity contribution >= 4 is 28.8 Å². The van der Waals surface area contributed by atoms with Gasteiger partial charge in [-0.25, -0.2) is 0 Å². The maximum atomic E-state index is 2.73. The topological polar surface area (TPSA) is 3.24 Å². The van der Waals surface area contributed by atoms with Crippen LogP contribution in [0.25, 0.3) is 16.3 Å². The molecular weight excluding hydrogens is 326 g/mol. The molecule has 3 unspecified atom stereocenters. The molecule has 1 aliphatic heterocycles. The number of nitrogens with zero attached hydrogens (tertiary/aromatic N) is 1. The average molecular weight is 354 g/mol. The molecular formula is C23H28ClN. The molecule has 0 aromatic heterocycles. The van der Waals surface area contributed by atoms with Crippen LogP contribution >= 0.6 is 12.4 Å². The molecule has 25 heavy (non-hydrogen) atoms. The summed E-state index contributed by atoms with van der Waals surface area (Å²) in [6, 6.07) is 16.7. The van der Waals surface area contributed by atoms with E-state index in [0.29, 0.717) is 0 Å². The third-order valence-electron chi connectivity index (χ3n) is 6.80. The van der Waals surface area contributed by atoms with Crippen molar-refractivity contribution in [1.82, 2.24) is 4.90 Å². The summed E-state index contributed by atoms with van der Waals surface area (Å²) in [5, 5.41) is 2.75. The molecule has 2 aromatic carbocycles. The van der Waals surface area contributed by atoms with Gasteiger partial charge in [-0.05, 0) is 91.0 Å². The molecule has 1 saturated carbocycles. The van der Waals surface area contributed by atoms with Gasteiger partial charge in [-0.2, -0.15) is 0 Å². The Labute approximate surface area is 157 Å². The molecule has 0 spiro atoms. The van der Waals surface area contributed by atoms with Gasteiger partial charge < -0.3 is 0 Å². The van der Waals surface area contributed by atoms with E-state index in [1.807, 2.05) is 0 Å². The van der Waals surface area contributed by atoms with E-state index in [0.717, 1.165) is 17.9 Å². The first-order valence-electron chi connectivity index (χ1n) is 9.76. The summed E-state index contributed by atoms with van der Waals surface area (Å²) in [5.74, 6) is 1.69. The Hall–Kier alpha value is -1.31. The largest absolute Gasteiger partial charge is 0.297 e. The van der Waals surface area contributed by atoms with Crippen molar-refractivity contribution in [2.45, 2.75) is 45.1 Å². The Morgan fingerprint density at radius 1 is 0.960 bits per heavy atom. The standard InChI is InChI=1S/C23H27N.ClH/c1-16-5-4-12-24(16)15-22-19-9-11-21(14-19)23(22)20-10-8-17-6-2-3-7-18(17)13-20;/h2-3,6-8,10,13,16,19,21H,4-5,9,11-12,14-15H2,1H3;1H. The highest BCUT2D eigenvalue weighted by molar-refractivity contribution is 5.87. The van der Waals surface area contributed by atoms with Crippen LogP contribution in [-0.2, 0) is 0 Å². The molecule has 0 N–H and O–H groups in total. The monoisotopic (exact) mass is 353 g/mol. The zero-order valence-electron chi connectivity index (χ0n) is 15.1. The highest BCUT2D eigenvalue weighted by Gasteiger charge is 2.40. The average Bonchev–Trinajstić information content (AvgIpc) is 3.32. The van der Waals surface area contributed by atoms with Crippen molar-refractivity contribution in [3.05, 3.63) is 53.6 Å². The first-order chi connectivity index (χ1) is 11.8. The lowest BCUT2D eigenvalue weighted by Gasteiger charge is -2.27. The quantitative estimate of drug-likeness (QED) is 0.661. The zero-order chi connectivity index (χ0) is 16.1. The normalized spacial score (nSPS) is 28.8. The lowest BCUT2D eigenvalue weighted by Crippen LogP contribution is -2.30. The molecule has 2 aliphatic carbocycles. The number of rotatable bonds is 3.